The molecule has 4 heterocycles. The predicted octanol–water partition coefficient (Wildman–Crippen LogP) is 2.27. The molecule has 2 N–H and O–H groups in total. The molecule has 4 atom stereocenters. The van der Waals surface area contributed by atoms with Gasteiger partial charge >= 0.3 is 0 Å². The number of rotatable bonds is 2. The summed E-state index contributed by atoms with van der Waals surface area (Å²) < 4.78 is 6.67. The lowest BCUT2D eigenvalue weighted by molar-refractivity contribution is -0.193. The van der Waals surface area contributed by atoms with Crippen molar-refractivity contribution in [3.05, 3.63) is 0 Å². The second-order valence-electron chi connectivity index (χ2n) is 6.63. The van der Waals surface area contributed by atoms with Crippen molar-refractivity contribution in [2.45, 2.75) is 87.7 Å². The maximum atomic E-state index is 6.67. The first-order chi connectivity index (χ1) is 8.28. The van der Waals surface area contributed by atoms with Gasteiger partial charge in [0.1, 0.15) is 11.4 Å². The monoisotopic (exact) mass is 236 g/mol. The zero-order valence-electron chi connectivity index (χ0n) is 10.6. The Hall–Kier alpha value is -0.120. The van der Waals surface area contributed by atoms with E-state index in [1.807, 2.05) is 0 Å². The first-order valence-electron chi connectivity index (χ1n) is 7.53. The van der Waals surface area contributed by atoms with Gasteiger partial charge in [-0.3, -0.25) is 10.6 Å². The van der Waals surface area contributed by atoms with Gasteiger partial charge in [-0.2, -0.15) is 0 Å². The van der Waals surface area contributed by atoms with E-state index in [1.165, 1.54) is 64.2 Å². The Morgan fingerprint density at radius 3 is 1.76 bits per heavy atom. The quantitative estimate of drug-likeness (QED) is 0.771. The maximum absolute atomic E-state index is 6.67. The van der Waals surface area contributed by atoms with Crippen molar-refractivity contribution in [3.8, 4) is 0 Å². The second-order valence-corrected chi connectivity index (χ2v) is 6.63. The lowest BCUT2D eigenvalue weighted by Gasteiger charge is -2.44. The summed E-state index contributed by atoms with van der Waals surface area (Å²) in [5, 5.41) is 7.53. The Kier molecular flexibility index (Phi) is 2.34. The van der Waals surface area contributed by atoms with Crippen LogP contribution in [0.4, 0.5) is 0 Å². The molecule has 3 nitrogen and oxygen atoms in total. The Balaban J connectivity index is 1.53. The van der Waals surface area contributed by atoms with Crippen molar-refractivity contribution in [2.75, 3.05) is 0 Å². The van der Waals surface area contributed by atoms with Crippen LogP contribution >= 0.6 is 0 Å². The van der Waals surface area contributed by atoms with Crippen LogP contribution in [0.25, 0.3) is 0 Å². The summed E-state index contributed by atoms with van der Waals surface area (Å²) in [5.41, 5.74) is 0.0598. The van der Waals surface area contributed by atoms with Crippen LogP contribution in [0.1, 0.15) is 64.2 Å². The Morgan fingerprint density at radius 2 is 1.24 bits per heavy atom. The average Bonchev–Trinajstić information content (AvgIpc) is 2.77. The van der Waals surface area contributed by atoms with Crippen molar-refractivity contribution < 1.29 is 4.74 Å². The van der Waals surface area contributed by atoms with E-state index in [0.717, 1.165) is 12.1 Å². The zero-order chi connectivity index (χ0) is 11.3. The standard InChI is InChI=1S/C14H24N2O/c1-3-11-5-9-13(7-1,15-11)17-14-8-2-4-12(16-14)6-10-14/h11-12,15-16H,1-10H2. The second kappa shape index (κ2) is 3.69. The van der Waals surface area contributed by atoms with E-state index in [1.54, 1.807) is 0 Å². The lowest BCUT2D eigenvalue weighted by atomic mass is 9.99. The number of nitrogens with one attached hydrogen (secondary N) is 2. The molecule has 0 saturated carbocycles. The summed E-state index contributed by atoms with van der Waals surface area (Å²) in [5.74, 6) is 0. The van der Waals surface area contributed by atoms with Crippen LogP contribution in [0.2, 0.25) is 0 Å². The molecule has 4 bridgehead atoms. The van der Waals surface area contributed by atoms with Crippen molar-refractivity contribution in [1.82, 2.24) is 10.6 Å². The highest BCUT2D eigenvalue weighted by Gasteiger charge is 2.51. The molecule has 0 aromatic heterocycles. The van der Waals surface area contributed by atoms with E-state index in [0.29, 0.717) is 0 Å². The molecule has 4 aliphatic rings. The van der Waals surface area contributed by atoms with E-state index in [-0.39, 0.29) is 11.4 Å². The largest absolute Gasteiger partial charge is 0.340 e. The summed E-state index contributed by atoms with van der Waals surface area (Å²) in [6.45, 7) is 0. The molecule has 0 aliphatic carbocycles. The fourth-order valence-electron chi connectivity index (χ4n) is 4.58. The summed E-state index contributed by atoms with van der Waals surface area (Å²) in [6, 6.07) is 1.47. The highest BCUT2D eigenvalue weighted by molar-refractivity contribution is 5.01. The molecule has 96 valence electrons. The van der Waals surface area contributed by atoms with Crippen molar-refractivity contribution in [3.63, 3.8) is 0 Å². The molecule has 17 heavy (non-hydrogen) atoms. The summed E-state index contributed by atoms with van der Waals surface area (Å²) in [7, 11) is 0. The molecule has 0 spiro atoms. The Morgan fingerprint density at radius 1 is 0.706 bits per heavy atom. The molecule has 4 saturated heterocycles. The minimum Gasteiger partial charge on any atom is -0.340 e. The van der Waals surface area contributed by atoms with Crippen LogP contribution in [-0.2, 0) is 4.74 Å². The van der Waals surface area contributed by atoms with Gasteiger partial charge in [0, 0.05) is 12.1 Å². The van der Waals surface area contributed by atoms with E-state index >= 15 is 0 Å². The highest BCUT2D eigenvalue weighted by atomic mass is 16.6. The molecule has 0 aromatic carbocycles. The van der Waals surface area contributed by atoms with E-state index in [9.17, 15) is 0 Å². The fourth-order valence-corrected chi connectivity index (χ4v) is 4.58. The van der Waals surface area contributed by atoms with Crippen LogP contribution in [0, 0.1) is 0 Å². The molecule has 4 aliphatic heterocycles. The number of hydrogen-bond donors (Lipinski definition) is 2. The van der Waals surface area contributed by atoms with Gasteiger partial charge in [0.25, 0.3) is 0 Å². The third kappa shape index (κ3) is 1.74. The highest BCUT2D eigenvalue weighted by Crippen LogP contribution is 2.44. The van der Waals surface area contributed by atoms with E-state index in [4.69, 9.17) is 4.74 Å². The normalized spacial score (nSPS) is 52.9. The summed E-state index contributed by atoms with van der Waals surface area (Å²) in [4.78, 5) is 0. The number of fused-ring (bicyclic) bond motifs is 4. The van der Waals surface area contributed by atoms with Gasteiger partial charge < -0.3 is 4.74 Å². The Bertz CT molecular complexity index is 283. The van der Waals surface area contributed by atoms with E-state index in [2.05, 4.69) is 10.6 Å². The third-order valence-electron chi connectivity index (χ3n) is 5.38. The summed E-state index contributed by atoms with van der Waals surface area (Å²) >= 11 is 0. The fraction of sp³-hybridized carbons (Fsp3) is 1.00. The van der Waals surface area contributed by atoms with Gasteiger partial charge in [0.2, 0.25) is 0 Å². The molecular weight excluding hydrogens is 212 g/mol. The van der Waals surface area contributed by atoms with Gasteiger partial charge in [-0.25, -0.2) is 0 Å². The van der Waals surface area contributed by atoms with Gasteiger partial charge in [0.15, 0.2) is 0 Å². The molecule has 4 unspecified atom stereocenters. The van der Waals surface area contributed by atoms with Gasteiger partial charge in [-0.05, 0) is 64.2 Å². The molecule has 4 rings (SSSR count). The van der Waals surface area contributed by atoms with Crippen molar-refractivity contribution >= 4 is 0 Å². The van der Waals surface area contributed by atoms with Crippen LogP contribution < -0.4 is 10.6 Å². The van der Waals surface area contributed by atoms with Crippen LogP contribution in [0.15, 0.2) is 0 Å². The molecular formula is C14H24N2O. The third-order valence-corrected chi connectivity index (χ3v) is 5.38. The minimum absolute atomic E-state index is 0.0299. The zero-order valence-corrected chi connectivity index (χ0v) is 10.6. The van der Waals surface area contributed by atoms with E-state index < -0.39 is 0 Å². The van der Waals surface area contributed by atoms with Gasteiger partial charge in [-0.1, -0.05) is 0 Å². The van der Waals surface area contributed by atoms with Crippen LogP contribution in [0.3, 0.4) is 0 Å². The van der Waals surface area contributed by atoms with Gasteiger partial charge in [0.05, 0.1) is 0 Å². The lowest BCUT2D eigenvalue weighted by Crippen LogP contribution is -2.59. The number of piperidine rings is 2. The number of hydrogen-bond acceptors (Lipinski definition) is 3. The minimum atomic E-state index is 0.0299. The molecule has 4 fully saturated rings. The smallest absolute Gasteiger partial charge is 0.121 e. The summed E-state index contributed by atoms with van der Waals surface area (Å²) in [6.07, 6.45) is 12.9. The Labute approximate surface area is 104 Å². The maximum Gasteiger partial charge on any atom is 0.121 e. The average molecular weight is 236 g/mol. The predicted molar refractivity (Wildman–Crippen MR) is 66.6 cm³/mol. The van der Waals surface area contributed by atoms with Crippen molar-refractivity contribution in [1.29, 1.82) is 0 Å². The topological polar surface area (TPSA) is 33.3 Å². The van der Waals surface area contributed by atoms with Gasteiger partial charge in [-0.15, -0.1) is 0 Å². The van der Waals surface area contributed by atoms with Crippen molar-refractivity contribution in [2.24, 2.45) is 0 Å². The van der Waals surface area contributed by atoms with Crippen LogP contribution in [0.5, 0.6) is 0 Å². The molecule has 0 radical (unpaired) electrons. The molecule has 3 heteroatoms. The SMILES string of the molecule is C1CC2CCC(OC34CCCC(CC3)N4)(C1)N2. The van der Waals surface area contributed by atoms with Crippen LogP contribution in [-0.4, -0.2) is 23.5 Å². The molecule has 0 amide bonds. The first kappa shape index (κ1) is 10.8. The molecule has 0 aromatic rings. The first-order valence-corrected chi connectivity index (χ1v) is 7.53. The number of ether oxygens (including phenoxy) is 1.